The molecule has 4 rings (SSSR count). The minimum absolute atomic E-state index is 0.000763. The molecule has 0 aliphatic carbocycles. The monoisotopic (exact) mass is 399 g/mol. The highest BCUT2D eigenvalue weighted by molar-refractivity contribution is 7.89. The van der Waals surface area contributed by atoms with E-state index in [0.29, 0.717) is 36.9 Å². The topological polar surface area (TPSA) is 66.8 Å². The zero-order chi connectivity index (χ0) is 17.6. The lowest BCUT2D eigenvalue weighted by Gasteiger charge is -2.18. The van der Waals surface area contributed by atoms with E-state index < -0.39 is 10.0 Å². The van der Waals surface area contributed by atoms with Gasteiger partial charge in [-0.15, -0.1) is 0 Å². The third-order valence-electron chi connectivity index (χ3n) is 4.95. The van der Waals surface area contributed by atoms with Crippen LogP contribution in [0.4, 0.5) is 0 Å². The molecular formula is C17H18ClNO4S2. The molecule has 134 valence electrons. The summed E-state index contributed by atoms with van der Waals surface area (Å²) in [6, 6.07) is 5.22. The molecule has 1 aromatic heterocycles. The molecule has 0 radical (unpaired) electrons. The molecule has 8 heteroatoms. The van der Waals surface area contributed by atoms with Gasteiger partial charge in [0.15, 0.2) is 0 Å². The Hall–Kier alpha value is -1.12. The number of aliphatic hydroxyl groups excluding tert-OH is 1. The Balaban J connectivity index is 1.70. The predicted molar refractivity (Wildman–Crippen MR) is 97.0 cm³/mol. The highest BCUT2D eigenvalue weighted by Gasteiger charge is 2.41. The normalized spacial score (nSPS) is 23.6. The summed E-state index contributed by atoms with van der Waals surface area (Å²) in [5.41, 5.74) is 1.91. The van der Waals surface area contributed by atoms with Gasteiger partial charge in [-0.25, -0.2) is 8.42 Å². The summed E-state index contributed by atoms with van der Waals surface area (Å²) in [5.74, 6) is 0.306. The van der Waals surface area contributed by atoms with Crippen molar-refractivity contribution < 1.29 is 18.3 Å². The summed E-state index contributed by atoms with van der Waals surface area (Å²) in [4.78, 5) is 0.134. The molecule has 5 nitrogen and oxygen atoms in total. The van der Waals surface area contributed by atoms with E-state index in [1.165, 1.54) is 10.4 Å². The van der Waals surface area contributed by atoms with Crippen molar-refractivity contribution in [3.63, 3.8) is 0 Å². The third-order valence-corrected chi connectivity index (χ3v) is 7.70. The van der Waals surface area contributed by atoms with Crippen molar-refractivity contribution in [2.75, 3.05) is 26.3 Å². The molecule has 2 aromatic rings. The average molecular weight is 400 g/mol. The zero-order valence-electron chi connectivity index (χ0n) is 13.4. The first-order chi connectivity index (χ1) is 12.0. The Morgan fingerprint density at radius 1 is 1.36 bits per heavy atom. The van der Waals surface area contributed by atoms with Gasteiger partial charge in [0, 0.05) is 48.5 Å². The van der Waals surface area contributed by atoms with Gasteiger partial charge in [-0.3, -0.25) is 0 Å². The fourth-order valence-corrected chi connectivity index (χ4v) is 6.40. The van der Waals surface area contributed by atoms with Crippen LogP contribution in [-0.4, -0.2) is 44.1 Å². The molecule has 1 saturated heterocycles. The van der Waals surface area contributed by atoms with E-state index in [1.807, 2.05) is 16.8 Å². The van der Waals surface area contributed by atoms with Gasteiger partial charge in [0.1, 0.15) is 10.6 Å². The maximum Gasteiger partial charge on any atom is 0.246 e. The van der Waals surface area contributed by atoms with E-state index in [2.05, 4.69) is 0 Å². The first-order valence-corrected chi connectivity index (χ1v) is 10.8. The molecule has 0 bridgehead atoms. The third kappa shape index (κ3) is 2.98. The van der Waals surface area contributed by atoms with Crippen LogP contribution in [0.1, 0.15) is 17.0 Å². The van der Waals surface area contributed by atoms with Crippen LogP contribution in [0.25, 0.3) is 0 Å². The molecule has 1 fully saturated rings. The smallest absolute Gasteiger partial charge is 0.246 e. The van der Waals surface area contributed by atoms with Gasteiger partial charge in [0.05, 0.1) is 6.61 Å². The van der Waals surface area contributed by atoms with Gasteiger partial charge in [0.25, 0.3) is 0 Å². The van der Waals surface area contributed by atoms with Gasteiger partial charge in [-0.05, 0) is 34.5 Å². The summed E-state index contributed by atoms with van der Waals surface area (Å²) < 4.78 is 33.5. The Morgan fingerprint density at radius 3 is 2.92 bits per heavy atom. The molecule has 0 amide bonds. The number of ether oxygens (including phenoxy) is 1. The highest BCUT2D eigenvalue weighted by Crippen LogP contribution is 2.41. The fraction of sp³-hybridized carbons (Fsp3) is 0.412. The highest BCUT2D eigenvalue weighted by atomic mass is 35.5. The average Bonchev–Trinajstić information content (AvgIpc) is 3.32. The standard InChI is InChI=1S/C17H18ClNO4S2/c18-14-5-11-1-3-23-17(11)16(6-14)25(21,22)19-7-13(9-20)15(8-19)12-2-4-24-10-12/h2,4-6,10,13,15,20H,1,3,7-9H2. The second kappa shape index (κ2) is 6.55. The van der Waals surface area contributed by atoms with Crippen LogP contribution in [0, 0.1) is 5.92 Å². The van der Waals surface area contributed by atoms with Gasteiger partial charge >= 0.3 is 0 Å². The van der Waals surface area contributed by atoms with Crippen LogP contribution < -0.4 is 4.74 Å². The Labute approximate surface area is 155 Å². The second-order valence-electron chi connectivity index (χ2n) is 6.42. The van der Waals surface area contributed by atoms with Gasteiger partial charge in [0.2, 0.25) is 10.0 Å². The molecule has 2 aliphatic rings. The molecule has 3 heterocycles. The fourth-order valence-electron chi connectivity index (χ4n) is 3.64. The van der Waals surface area contributed by atoms with E-state index in [4.69, 9.17) is 16.3 Å². The molecule has 2 atom stereocenters. The van der Waals surface area contributed by atoms with E-state index in [0.717, 1.165) is 11.1 Å². The number of benzene rings is 1. The Kier molecular flexibility index (Phi) is 4.54. The number of fused-ring (bicyclic) bond motifs is 1. The number of nitrogens with zero attached hydrogens (tertiary/aromatic N) is 1. The van der Waals surface area contributed by atoms with Crippen LogP contribution in [0.2, 0.25) is 5.02 Å². The number of rotatable bonds is 4. The Morgan fingerprint density at radius 2 is 2.20 bits per heavy atom. The molecule has 2 aliphatic heterocycles. The summed E-state index contributed by atoms with van der Waals surface area (Å²) in [5, 5.41) is 14.1. The first-order valence-electron chi connectivity index (χ1n) is 8.09. The van der Waals surface area contributed by atoms with Crippen molar-refractivity contribution in [1.82, 2.24) is 4.31 Å². The van der Waals surface area contributed by atoms with E-state index in [-0.39, 0.29) is 23.3 Å². The van der Waals surface area contributed by atoms with Crippen LogP contribution in [0.5, 0.6) is 5.75 Å². The van der Waals surface area contributed by atoms with Gasteiger partial charge in [-0.2, -0.15) is 15.6 Å². The molecule has 0 spiro atoms. The number of halogens is 1. The summed E-state index contributed by atoms with van der Waals surface area (Å²) >= 11 is 7.71. The minimum atomic E-state index is -3.74. The van der Waals surface area contributed by atoms with E-state index in [9.17, 15) is 13.5 Å². The second-order valence-corrected chi connectivity index (χ2v) is 9.54. The molecule has 1 aromatic carbocycles. The van der Waals surface area contributed by atoms with Gasteiger partial charge in [-0.1, -0.05) is 11.6 Å². The number of sulfonamides is 1. The molecule has 25 heavy (non-hydrogen) atoms. The van der Waals surface area contributed by atoms with Crippen LogP contribution in [0.15, 0.2) is 33.9 Å². The van der Waals surface area contributed by atoms with E-state index >= 15 is 0 Å². The maximum absolute atomic E-state index is 13.2. The summed E-state index contributed by atoms with van der Waals surface area (Å²) in [7, 11) is -3.74. The Bertz CT molecular complexity index is 882. The van der Waals surface area contributed by atoms with Crippen molar-refractivity contribution in [3.05, 3.63) is 45.1 Å². The van der Waals surface area contributed by atoms with Crippen molar-refractivity contribution in [2.45, 2.75) is 17.2 Å². The zero-order valence-corrected chi connectivity index (χ0v) is 15.8. The quantitative estimate of drug-likeness (QED) is 0.858. The molecular weight excluding hydrogens is 382 g/mol. The molecule has 0 saturated carbocycles. The lowest BCUT2D eigenvalue weighted by molar-refractivity contribution is 0.223. The number of hydrogen-bond acceptors (Lipinski definition) is 5. The SMILES string of the molecule is O=S(=O)(c1cc(Cl)cc2c1OCC2)N1CC(CO)C(c2ccsc2)C1. The van der Waals surface area contributed by atoms with Crippen molar-refractivity contribution in [2.24, 2.45) is 5.92 Å². The number of aliphatic hydroxyl groups is 1. The van der Waals surface area contributed by atoms with Crippen LogP contribution >= 0.6 is 22.9 Å². The lowest BCUT2D eigenvalue weighted by Crippen LogP contribution is -2.29. The summed E-state index contributed by atoms with van der Waals surface area (Å²) in [6.07, 6.45) is 0.662. The lowest BCUT2D eigenvalue weighted by atomic mass is 9.92. The van der Waals surface area contributed by atoms with Crippen LogP contribution in [-0.2, 0) is 16.4 Å². The van der Waals surface area contributed by atoms with Crippen molar-refractivity contribution >= 4 is 33.0 Å². The predicted octanol–water partition coefficient (Wildman–Crippen LogP) is 2.73. The first kappa shape index (κ1) is 17.3. The maximum atomic E-state index is 13.2. The molecule has 1 N–H and O–H groups in total. The molecule has 2 unspecified atom stereocenters. The van der Waals surface area contributed by atoms with E-state index in [1.54, 1.807) is 17.4 Å². The van der Waals surface area contributed by atoms with Crippen molar-refractivity contribution in [3.8, 4) is 5.75 Å². The number of thiophene rings is 1. The largest absolute Gasteiger partial charge is 0.492 e. The van der Waals surface area contributed by atoms with Gasteiger partial charge < -0.3 is 9.84 Å². The minimum Gasteiger partial charge on any atom is -0.492 e. The summed E-state index contributed by atoms with van der Waals surface area (Å²) in [6.45, 7) is 1.07. The number of hydrogen-bond donors (Lipinski definition) is 1. The van der Waals surface area contributed by atoms with Crippen LogP contribution in [0.3, 0.4) is 0 Å². The van der Waals surface area contributed by atoms with Crippen molar-refractivity contribution in [1.29, 1.82) is 0 Å².